The average Bonchev–Trinajstić information content (AvgIpc) is 2.87. The summed E-state index contributed by atoms with van der Waals surface area (Å²) in [4.78, 5) is 26.5. The summed E-state index contributed by atoms with van der Waals surface area (Å²) in [6.45, 7) is 0. The van der Waals surface area contributed by atoms with E-state index in [9.17, 15) is 14.9 Å². The third kappa shape index (κ3) is 2.15. The summed E-state index contributed by atoms with van der Waals surface area (Å²) in [5.74, 6) is -0.549. The van der Waals surface area contributed by atoms with Crippen molar-refractivity contribution < 1.29 is 19.3 Å². The number of carbonyl (C=O) groups is 1. The van der Waals surface area contributed by atoms with E-state index >= 15 is 0 Å². The van der Waals surface area contributed by atoms with Gasteiger partial charge in [0.1, 0.15) is 0 Å². The molecule has 0 saturated heterocycles. The Hall–Kier alpha value is -2.44. The second-order valence-corrected chi connectivity index (χ2v) is 3.63. The highest BCUT2D eigenvalue weighted by atomic mass is 16.7. The molecule has 0 unspecified atom stereocenters. The first-order valence-corrected chi connectivity index (χ1v) is 5.17. The lowest BCUT2D eigenvalue weighted by Crippen LogP contribution is -2.22. The van der Waals surface area contributed by atoms with Crippen molar-refractivity contribution in [2.24, 2.45) is 5.16 Å². The maximum absolute atomic E-state index is 11.3. The SMILES string of the molecule is COC(=O)[C@H]1CC(c2ccccc2[N+](=O)[O-])=NO1. The highest BCUT2D eigenvalue weighted by Crippen LogP contribution is 2.24. The lowest BCUT2D eigenvalue weighted by Gasteiger charge is -2.04. The van der Waals surface area contributed by atoms with Gasteiger partial charge in [0.2, 0.25) is 6.10 Å². The number of carbonyl (C=O) groups excluding carboxylic acids is 1. The van der Waals surface area contributed by atoms with E-state index in [1.165, 1.54) is 13.2 Å². The van der Waals surface area contributed by atoms with Gasteiger partial charge >= 0.3 is 5.97 Å². The van der Waals surface area contributed by atoms with Crippen molar-refractivity contribution in [3.05, 3.63) is 39.9 Å². The van der Waals surface area contributed by atoms with Gasteiger partial charge in [0.25, 0.3) is 5.69 Å². The predicted molar refractivity (Wildman–Crippen MR) is 61.1 cm³/mol. The summed E-state index contributed by atoms with van der Waals surface area (Å²) in [5.41, 5.74) is 0.664. The number of ether oxygens (including phenoxy) is 1. The molecule has 1 aliphatic heterocycles. The molecule has 0 N–H and O–H groups in total. The molecule has 0 saturated carbocycles. The number of esters is 1. The largest absolute Gasteiger partial charge is 0.466 e. The smallest absolute Gasteiger partial charge is 0.350 e. The van der Waals surface area contributed by atoms with Crippen LogP contribution in [0.4, 0.5) is 5.69 Å². The number of hydrogen-bond donors (Lipinski definition) is 0. The van der Waals surface area contributed by atoms with Crippen LogP contribution < -0.4 is 0 Å². The lowest BCUT2D eigenvalue weighted by molar-refractivity contribution is -0.385. The zero-order valence-electron chi connectivity index (χ0n) is 9.53. The second kappa shape index (κ2) is 4.82. The minimum atomic E-state index is -0.829. The minimum absolute atomic E-state index is 0.0645. The summed E-state index contributed by atoms with van der Waals surface area (Å²) >= 11 is 0. The number of oxime groups is 1. The van der Waals surface area contributed by atoms with Gasteiger partial charge in [0.15, 0.2) is 0 Å². The first-order valence-electron chi connectivity index (χ1n) is 5.17. The Kier molecular flexibility index (Phi) is 3.22. The maximum Gasteiger partial charge on any atom is 0.350 e. The van der Waals surface area contributed by atoms with Crippen molar-refractivity contribution in [1.82, 2.24) is 0 Å². The normalized spacial score (nSPS) is 17.8. The van der Waals surface area contributed by atoms with E-state index in [0.29, 0.717) is 11.3 Å². The fraction of sp³-hybridized carbons (Fsp3) is 0.273. The van der Waals surface area contributed by atoms with Crippen LogP contribution in [-0.2, 0) is 14.4 Å². The fourth-order valence-electron chi connectivity index (χ4n) is 1.67. The molecular weight excluding hydrogens is 240 g/mol. The third-order valence-corrected chi connectivity index (χ3v) is 2.54. The Morgan fingerprint density at radius 1 is 1.56 bits per heavy atom. The van der Waals surface area contributed by atoms with Crippen molar-refractivity contribution in [1.29, 1.82) is 0 Å². The van der Waals surface area contributed by atoms with E-state index in [4.69, 9.17) is 4.84 Å². The zero-order valence-corrected chi connectivity index (χ0v) is 9.53. The number of nitro benzene ring substituents is 1. The Morgan fingerprint density at radius 2 is 2.28 bits per heavy atom. The van der Waals surface area contributed by atoms with Crippen molar-refractivity contribution in [2.75, 3.05) is 7.11 Å². The van der Waals surface area contributed by atoms with Crippen LogP contribution in [0.15, 0.2) is 29.4 Å². The highest BCUT2D eigenvalue weighted by Gasteiger charge is 2.32. The van der Waals surface area contributed by atoms with Gasteiger partial charge in [-0.25, -0.2) is 4.79 Å². The van der Waals surface area contributed by atoms with Gasteiger partial charge in [-0.15, -0.1) is 0 Å². The Labute approximate surface area is 102 Å². The van der Waals surface area contributed by atoms with E-state index in [1.54, 1.807) is 18.2 Å². The number of benzene rings is 1. The Bertz CT molecular complexity index is 526. The summed E-state index contributed by atoms with van der Waals surface area (Å²) in [6.07, 6.45) is -0.665. The quantitative estimate of drug-likeness (QED) is 0.457. The predicted octanol–water partition coefficient (Wildman–Crippen LogP) is 1.26. The molecule has 1 aliphatic rings. The molecule has 0 aliphatic carbocycles. The van der Waals surface area contributed by atoms with Crippen molar-refractivity contribution in [3.63, 3.8) is 0 Å². The van der Waals surface area contributed by atoms with Crippen LogP contribution in [0.5, 0.6) is 0 Å². The molecule has 0 fully saturated rings. The zero-order chi connectivity index (χ0) is 13.1. The van der Waals surface area contributed by atoms with Crippen LogP contribution in [0.3, 0.4) is 0 Å². The van der Waals surface area contributed by atoms with Crippen molar-refractivity contribution in [3.8, 4) is 0 Å². The summed E-state index contributed by atoms with van der Waals surface area (Å²) in [7, 11) is 1.24. The molecule has 1 atom stereocenters. The summed E-state index contributed by atoms with van der Waals surface area (Å²) in [6, 6.07) is 6.18. The lowest BCUT2D eigenvalue weighted by atomic mass is 10.0. The van der Waals surface area contributed by atoms with Crippen molar-refractivity contribution in [2.45, 2.75) is 12.5 Å². The number of hydrogen-bond acceptors (Lipinski definition) is 6. The number of nitrogens with zero attached hydrogens (tertiary/aromatic N) is 2. The van der Waals surface area contributed by atoms with Crippen LogP contribution in [-0.4, -0.2) is 29.8 Å². The van der Waals surface area contributed by atoms with E-state index in [-0.39, 0.29) is 12.1 Å². The Balaban J connectivity index is 2.25. The van der Waals surface area contributed by atoms with E-state index < -0.39 is 17.0 Å². The molecule has 1 aromatic rings. The molecule has 0 amide bonds. The van der Waals surface area contributed by atoms with Gasteiger partial charge in [-0.2, -0.15) is 0 Å². The number of nitro groups is 1. The molecule has 1 aromatic carbocycles. The number of para-hydroxylation sites is 1. The van der Waals surface area contributed by atoms with Crippen LogP contribution >= 0.6 is 0 Å². The van der Waals surface area contributed by atoms with Crippen LogP contribution in [0.25, 0.3) is 0 Å². The van der Waals surface area contributed by atoms with Crippen LogP contribution in [0.1, 0.15) is 12.0 Å². The third-order valence-electron chi connectivity index (χ3n) is 2.54. The highest BCUT2D eigenvalue weighted by molar-refractivity contribution is 6.06. The fourth-order valence-corrected chi connectivity index (χ4v) is 1.67. The number of rotatable bonds is 3. The molecule has 2 rings (SSSR count). The minimum Gasteiger partial charge on any atom is -0.466 e. The van der Waals surface area contributed by atoms with Gasteiger partial charge in [0, 0.05) is 12.5 Å². The number of methoxy groups -OCH3 is 1. The van der Waals surface area contributed by atoms with Crippen molar-refractivity contribution >= 4 is 17.4 Å². The molecule has 7 nitrogen and oxygen atoms in total. The van der Waals surface area contributed by atoms with E-state index in [2.05, 4.69) is 9.89 Å². The summed E-state index contributed by atoms with van der Waals surface area (Å²) in [5, 5.41) is 14.6. The molecule has 94 valence electrons. The molecule has 7 heteroatoms. The van der Waals surface area contributed by atoms with E-state index in [1.807, 2.05) is 0 Å². The van der Waals surface area contributed by atoms with Gasteiger partial charge in [-0.05, 0) is 6.07 Å². The average molecular weight is 250 g/mol. The van der Waals surface area contributed by atoms with Gasteiger partial charge < -0.3 is 9.57 Å². The van der Waals surface area contributed by atoms with E-state index in [0.717, 1.165) is 0 Å². The topological polar surface area (TPSA) is 91.0 Å². The van der Waals surface area contributed by atoms with Gasteiger partial charge in [-0.3, -0.25) is 10.1 Å². The van der Waals surface area contributed by atoms with Gasteiger partial charge in [0.05, 0.1) is 23.3 Å². The molecule has 0 radical (unpaired) electrons. The van der Waals surface area contributed by atoms with Crippen LogP contribution in [0.2, 0.25) is 0 Å². The monoisotopic (exact) mass is 250 g/mol. The molecule has 0 aromatic heterocycles. The molecule has 0 spiro atoms. The molecule has 0 bridgehead atoms. The second-order valence-electron chi connectivity index (χ2n) is 3.63. The van der Waals surface area contributed by atoms with Crippen LogP contribution in [0, 0.1) is 10.1 Å². The first kappa shape index (κ1) is 12.0. The Morgan fingerprint density at radius 3 is 2.94 bits per heavy atom. The molecule has 18 heavy (non-hydrogen) atoms. The summed E-state index contributed by atoms with van der Waals surface area (Å²) < 4.78 is 4.52. The maximum atomic E-state index is 11.3. The molecular formula is C11H10N2O5. The standard InChI is InChI=1S/C11H10N2O5/c1-17-11(14)10-6-8(12-18-10)7-4-2-3-5-9(7)13(15)16/h2-5,10H,6H2,1H3/t10-/m1/s1. The van der Waals surface area contributed by atoms with Gasteiger partial charge in [-0.1, -0.05) is 17.3 Å². The first-order chi connectivity index (χ1) is 8.63. The molecule has 1 heterocycles.